The molecule has 0 fully saturated rings. The Morgan fingerprint density at radius 2 is 1.88 bits per heavy atom. The maximum atomic E-state index is 13.0. The molecule has 26 heavy (non-hydrogen) atoms. The van der Waals surface area contributed by atoms with E-state index in [1.165, 1.54) is 0 Å². The second-order valence-electron chi connectivity index (χ2n) is 6.86. The maximum absolute atomic E-state index is 13.0. The van der Waals surface area contributed by atoms with Crippen LogP contribution in [0.5, 0.6) is 5.75 Å². The van der Waals surface area contributed by atoms with Crippen molar-refractivity contribution in [1.82, 2.24) is 5.32 Å². The third-order valence-electron chi connectivity index (χ3n) is 4.71. The molecule has 1 heterocycles. The molecule has 136 valence electrons. The minimum absolute atomic E-state index is 0.0634. The monoisotopic (exact) mass is 351 g/mol. The molecular weight excluding hydrogens is 326 g/mol. The summed E-state index contributed by atoms with van der Waals surface area (Å²) in [5.74, 6) is 1.55. The molecule has 5 nitrogen and oxygen atoms in total. The summed E-state index contributed by atoms with van der Waals surface area (Å²) < 4.78 is 5.20. The summed E-state index contributed by atoms with van der Waals surface area (Å²) in [5, 5.41) is 6.40. The minimum atomic E-state index is -0.679. The predicted octanol–water partition coefficient (Wildman–Crippen LogP) is 3.35. The number of anilines is 1. The van der Waals surface area contributed by atoms with Crippen molar-refractivity contribution in [3.05, 3.63) is 59.7 Å². The number of aliphatic imine (C=N–C) groups is 1. The van der Waals surface area contributed by atoms with Crippen molar-refractivity contribution in [2.24, 2.45) is 4.99 Å². The van der Waals surface area contributed by atoms with Crippen molar-refractivity contribution in [3.8, 4) is 5.75 Å². The Kier molecular flexibility index (Phi) is 5.26. The molecule has 0 aromatic heterocycles. The summed E-state index contributed by atoms with van der Waals surface area (Å²) in [7, 11) is 1.63. The van der Waals surface area contributed by atoms with Crippen molar-refractivity contribution in [3.63, 3.8) is 0 Å². The van der Waals surface area contributed by atoms with Crippen LogP contribution in [0.15, 0.2) is 53.5 Å². The van der Waals surface area contributed by atoms with Gasteiger partial charge in [-0.2, -0.15) is 0 Å². The molecule has 0 saturated carbocycles. The van der Waals surface area contributed by atoms with Gasteiger partial charge in [0.2, 0.25) is 5.91 Å². The molecule has 2 aromatic rings. The Labute approximate surface area is 154 Å². The van der Waals surface area contributed by atoms with E-state index in [4.69, 9.17) is 4.74 Å². The summed E-state index contributed by atoms with van der Waals surface area (Å²) in [6.07, 6.45) is 1.03. The van der Waals surface area contributed by atoms with E-state index in [2.05, 4.69) is 15.6 Å². The predicted molar refractivity (Wildman–Crippen MR) is 105 cm³/mol. The van der Waals surface area contributed by atoms with E-state index in [0.29, 0.717) is 0 Å². The van der Waals surface area contributed by atoms with Gasteiger partial charge in [-0.1, -0.05) is 24.3 Å². The number of nitrogens with one attached hydrogen (secondary N) is 2. The Bertz CT molecular complexity index is 810. The van der Waals surface area contributed by atoms with Crippen LogP contribution in [-0.4, -0.2) is 31.9 Å². The Balaban J connectivity index is 1.84. The van der Waals surface area contributed by atoms with E-state index in [1.807, 2.05) is 62.4 Å². The fourth-order valence-corrected chi connectivity index (χ4v) is 2.93. The number of carbonyl (C=O) groups excluding carboxylic acids is 1. The first-order valence-electron chi connectivity index (χ1n) is 8.86. The highest BCUT2D eigenvalue weighted by Crippen LogP contribution is 2.28. The van der Waals surface area contributed by atoms with Gasteiger partial charge in [0.1, 0.15) is 11.6 Å². The third-order valence-corrected chi connectivity index (χ3v) is 4.71. The average molecular weight is 351 g/mol. The highest BCUT2D eigenvalue weighted by atomic mass is 16.5. The molecular formula is C21H25N3O2. The number of amidine groups is 1. The normalized spacial score (nSPS) is 14.2. The van der Waals surface area contributed by atoms with Crippen molar-refractivity contribution in [2.45, 2.75) is 25.7 Å². The van der Waals surface area contributed by atoms with Gasteiger partial charge in [0, 0.05) is 18.7 Å². The molecule has 1 amide bonds. The van der Waals surface area contributed by atoms with Gasteiger partial charge < -0.3 is 15.4 Å². The van der Waals surface area contributed by atoms with Gasteiger partial charge in [0.05, 0.1) is 18.2 Å². The van der Waals surface area contributed by atoms with Crippen molar-refractivity contribution in [1.29, 1.82) is 0 Å². The molecule has 2 N–H and O–H groups in total. The van der Waals surface area contributed by atoms with Crippen LogP contribution in [0.1, 0.15) is 31.4 Å². The fraction of sp³-hybridized carbons (Fsp3) is 0.333. The molecule has 0 saturated heterocycles. The molecule has 0 radical (unpaired) electrons. The zero-order valence-corrected chi connectivity index (χ0v) is 15.5. The summed E-state index contributed by atoms with van der Waals surface area (Å²) in [4.78, 5) is 17.6. The number of para-hydroxylation sites is 1. The molecule has 0 aliphatic carbocycles. The lowest BCUT2D eigenvalue weighted by molar-refractivity contribution is -0.120. The van der Waals surface area contributed by atoms with Crippen LogP contribution in [0, 0.1) is 0 Å². The van der Waals surface area contributed by atoms with E-state index in [9.17, 15) is 4.79 Å². The van der Waals surface area contributed by atoms with Gasteiger partial charge in [0.15, 0.2) is 0 Å². The SMILES string of the molecule is COc1ccc(C(C)(C)C(=O)Nc2ccccc2C2=NCCCN2)cc1. The zero-order valence-electron chi connectivity index (χ0n) is 15.5. The van der Waals surface area contributed by atoms with Crippen LogP contribution in [0.2, 0.25) is 0 Å². The molecule has 0 spiro atoms. The molecule has 0 unspecified atom stereocenters. The molecule has 0 atom stereocenters. The van der Waals surface area contributed by atoms with E-state index >= 15 is 0 Å². The number of nitrogens with zero attached hydrogens (tertiary/aromatic N) is 1. The number of ether oxygens (including phenoxy) is 1. The van der Waals surface area contributed by atoms with Gasteiger partial charge in [0.25, 0.3) is 0 Å². The van der Waals surface area contributed by atoms with E-state index in [-0.39, 0.29) is 5.91 Å². The Morgan fingerprint density at radius 1 is 1.15 bits per heavy atom. The molecule has 2 aromatic carbocycles. The van der Waals surface area contributed by atoms with Crippen molar-refractivity contribution >= 4 is 17.4 Å². The number of rotatable bonds is 5. The van der Waals surface area contributed by atoms with E-state index in [1.54, 1.807) is 7.11 Å². The van der Waals surface area contributed by atoms with E-state index in [0.717, 1.165) is 47.9 Å². The highest BCUT2D eigenvalue weighted by molar-refractivity contribution is 6.08. The number of hydrogen-bond donors (Lipinski definition) is 2. The summed E-state index contributed by atoms with van der Waals surface area (Å²) in [5.41, 5.74) is 1.95. The minimum Gasteiger partial charge on any atom is -0.497 e. The first-order chi connectivity index (χ1) is 12.5. The first kappa shape index (κ1) is 18.0. The topological polar surface area (TPSA) is 62.7 Å². The smallest absolute Gasteiger partial charge is 0.234 e. The van der Waals surface area contributed by atoms with Crippen LogP contribution in [0.25, 0.3) is 0 Å². The lowest BCUT2D eigenvalue weighted by Crippen LogP contribution is -2.36. The number of benzene rings is 2. The quantitative estimate of drug-likeness (QED) is 0.868. The molecule has 1 aliphatic heterocycles. The van der Waals surface area contributed by atoms with Crippen LogP contribution < -0.4 is 15.4 Å². The summed E-state index contributed by atoms with van der Waals surface area (Å²) in [6.45, 7) is 5.55. The lowest BCUT2D eigenvalue weighted by Gasteiger charge is -2.25. The standard InChI is InChI=1S/C21H25N3O2/c1-21(2,15-9-11-16(26-3)12-10-15)20(25)24-18-8-5-4-7-17(18)19-22-13-6-14-23-19/h4-5,7-12H,6,13-14H2,1-3H3,(H,22,23)(H,24,25). The fourth-order valence-electron chi connectivity index (χ4n) is 2.93. The Hall–Kier alpha value is -2.82. The largest absolute Gasteiger partial charge is 0.497 e. The second-order valence-corrected chi connectivity index (χ2v) is 6.86. The molecule has 0 bridgehead atoms. The number of hydrogen-bond acceptors (Lipinski definition) is 4. The van der Waals surface area contributed by atoms with E-state index < -0.39 is 5.41 Å². The lowest BCUT2D eigenvalue weighted by atomic mass is 9.83. The van der Waals surface area contributed by atoms with Crippen LogP contribution in [0.3, 0.4) is 0 Å². The Morgan fingerprint density at radius 3 is 2.54 bits per heavy atom. The number of amides is 1. The number of carbonyl (C=O) groups is 1. The number of methoxy groups -OCH3 is 1. The van der Waals surface area contributed by atoms with Gasteiger partial charge in [-0.3, -0.25) is 9.79 Å². The summed E-state index contributed by atoms with van der Waals surface area (Å²) >= 11 is 0. The molecule has 5 heteroatoms. The summed E-state index contributed by atoms with van der Waals surface area (Å²) in [6, 6.07) is 15.4. The first-order valence-corrected chi connectivity index (χ1v) is 8.86. The van der Waals surface area contributed by atoms with Crippen LogP contribution in [-0.2, 0) is 10.2 Å². The average Bonchev–Trinajstić information content (AvgIpc) is 2.69. The van der Waals surface area contributed by atoms with Crippen molar-refractivity contribution in [2.75, 3.05) is 25.5 Å². The molecule has 3 rings (SSSR count). The second kappa shape index (κ2) is 7.60. The highest BCUT2D eigenvalue weighted by Gasteiger charge is 2.30. The van der Waals surface area contributed by atoms with Gasteiger partial charge in [-0.15, -0.1) is 0 Å². The maximum Gasteiger partial charge on any atom is 0.234 e. The third kappa shape index (κ3) is 3.72. The van der Waals surface area contributed by atoms with Crippen molar-refractivity contribution < 1.29 is 9.53 Å². The van der Waals surface area contributed by atoms with Crippen LogP contribution >= 0.6 is 0 Å². The van der Waals surface area contributed by atoms with Crippen LogP contribution in [0.4, 0.5) is 5.69 Å². The van der Waals surface area contributed by atoms with Gasteiger partial charge in [-0.05, 0) is 50.1 Å². The zero-order chi connectivity index (χ0) is 18.6. The van der Waals surface area contributed by atoms with Gasteiger partial charge in [-0.25, -0.2) is 0 Å². The van der Waals surface area contributed by atoms with Gasteiger partial charge >= 0.3 is 0 Å². The molecule has 1 aliphatic rings.